The summed E-state index contributed by atoms with van der Waals surface area (Å²) in [7, 11) is 0. The zero-order valence-electron chi connectivity index (χ0n) is 11.6. The van der Waals surface area contributed by atoms with E-state index in [1.54, 1.807) is 24.3 Å². The molecule has 23 heavy (non-hydrogen) atoms. The Morgan fingerprint density at radius 3 is 2.48 bits per heavy atom. The van der Waals surface area contributed by atoms with Crippen LogP contribution in [0.5, 0.6) is 0 Å². The number of amides is 1. The molecule has 120 valence electrons. The van der Waals surface area contributed by atoms with Crippen LogP contribution in [0.25, 0.3) is 0 Å². The van der Waals surface area contributed by atoms with Crippen LogP contribution in [0.1, 0.15) is 5.56 Å². The largest absolute Gasteiger partial charge is 0.374 e. The molecule has 0 fully saturated rings. The third-order valence-corrected chi connectivity index (χ3v) is 4.54. The summed E-state index contributed by atoms with van der Waals surface area (Å²) in [5, 5.41) is 8.04. The van der Waals surface area contributed by atoms with Gasteiger partial charge in [0.15, 0.2) is 0 Å². The maximum absolute atomic E-state index is 11.8. The lowest BCUT2D eigenvalue weighted by Gasteiger charge is -2.10. The summed E-state index contributed by atoms with van der Waals surface area (Å²) in [6.07, 6.45) is 1.49. The van der Waals surface area contributed by atoms with Gasteiger partial charge in [-0.15, -0.1) is 0 Å². The molecule has 0 aliphatic rings. The number of nitrogens with one attached hydrogen (secondary N) is 2. The third-order valence-electron chi connectivity index (χ3n) is 2.73. The van der Waals surface area contributed by atoms with Crippen LogP contribution in [0.3, 0.4) is 0 Å². The number of halogens is 4. The second-order valence-corrected chi connectivity index (χ2v) is 6.96. The van der Waals surface area contributed by atoms with E-state index < -0.39 is 0 Å². The van der Waals surface area contributed by atoms with Gasteiger partial charge in [0.05, 0.1) is 18.4 Å². The number of rotatable bonds is 5. The van der Waals surface area contributed by atoms with Gasteiger partial charge in [-0.05, 0) is 50.1 Å². The van der Waals surface area contributed by atoms with Crippen molar-refractivity contribution >= 4 is 72.9 Å². The molecule has 0 aliphatic heterocycles. The third kappa shape index (κ3) is 5.49. The molecule has 8 heteroatoms. The fourth-order valence-electron chi connectivity index (χ4n) is 1.67. The van der Waals surface area contributed by atoms with Crippen LogP contribution >= 0.6 is 55.1 Å². The number of benzene rings is 2. The van der Waals surface area contributed by atoms with Crippen LogP contribution in [0, 0.1) is 0 Å². The van der Waals surface area contributed by atoms with Gasteiger partial charge in [-0.1, -0.05) is 41.4 Å². The zero-order valence-corrected chi connectivity index (χ0v) is 16.3. The van der Waals surface area contributed by atoms with E-state index in [0.717, 1.165) is 20.2 Å². The molecular weight excluding hydrogens is 469 g/mol. The monoisotopic (exact) mass is 477 g/mol. The molecule has 0 aromatic heterocycles. The fourth-order valence-corrected chi connectivity index (χ4v) is 3.81. The Balaban J connectivity index is 1.90. The first-order valence-corrected chi connectivity index (χ1v) is 8.76. The van der Waals surface area contributed by atoms with Gasteiger partial charge >= 0.3 is 0 Å². The van der Waals surface area contributed by atoms with Crippen molar-refractivity contribution in [3.8, 4) is 0 Å². The summed E-state index contributed by atoms with van der Waals surface area (Å²) < 4.78 is 1.51. The van der Waals surface area contributed by atoms with Crippen LogP contribution in [-0.4, -0.2) is 18.7 Å². The first-order valence-electron chi connectivity index (χ1n) is 6.42. The SMILES string of the molecule is O=C(CNc1c(Br)cc(Cl)cc1Br)NN=Cc1ccccc1Cl. The molecule has 0 aliphatic carbocycles. The van der Waals surface area contributed by atoms with Crippen molar-refractivity contribution in [3.63, 3.8) is 0 Å². The molecule has 2 aromatic carbocycles. The summed E-state index contributed by atoms with van der Waals surface area (Å²) in [4.78, 5) is 11.8. The number of nitrogens with zero attached hydrogens (tertiary/aromatic N) is 1. The Kier molecular flexibility index (Phi) is 6.89. The average Bonchev–Trinajstić information content (AvgIpc) is 2.48. The quantitative estimate of drug-likeness (QED) is 0.464. The molecule has 0 atom stereocenters. The first-order chi connectivity index (χ1) is 11.0. The maximum atomic E-state index is 11.8. The molecule has 2 rings (SSSR count). The molecule has 0 saturated heterocycles. The van der Waals surface area contributed by atoms with Crippen molar-refractivity contribution in [2.45, 2.75) is 0 Å². The van der Waals surface area contributed by atoms with Gasteiger partial charge in [-0.25, -0.2) is 5.43 Å². The van der Waals surface area contributed by atoms with E-state index in [1.807, 2.05) is 12.1 Å². The Morgan fingerprint density at radius 1 is 1.17 bits per heavy atom. The van der Waals surface area contributed by atoms with Gasteiger partial charge in [0.25, 0.3) is 5.91 Å². The second kappa shape index (κ2) is 8.68. The van der Waals surface area contributed by atoms with Gasteiger partial charge in [0, 0.05) is 24.6 Å². The molecule has 2 N–H and O–H groups in total. The highest BCUT2D eigenvalue weighted by Gasteiger charge is 2.08. The van der Waals surface area contributed by atoms with E-state index in [2.05, 4.69) is 47.7 Å². The summed E-state index contributed by atoms with van der Waals surface area (Å²) in [6.45, 7) is 0.0543. The van der Waals surface area contributed by atoms with E-state index in [4.69, 9.17) is 23.2 Å². The van der Waals surface area contributed by atoms with Crippen molar-refractivity contribution < 1.29 is 4.79 Å². The molecule has 2 aromatic rings. The van der Waals surface area contributed by atoms with Gasteiger partial charge < -0.3 is 5.32 Å². The van der Waals surface area contributed by atoms with Crippen LogP contribution in [0.15, 0.2) is 50.4 Å². The van der Waals surface area contributed by atoms with Crippen molar-refractivity contribution in [2.75, 3.05) is 11.9 Å². The van der Waals surface area contributed by atoms with Crippen LogP contribution < -0.4 is 10.7 Å². The van der Waals surface area contributed by atoms with Crippen molar-refractivity contribution in [2.24, 2.45) is 5.10 Å². The smallest absolute Gasteiger partial charge is 0.259 e. The van der Waals surface area contributed by atoms with E-state index >= 15 is 0 Å². The number of anilines is 1. The van der Waals surface area contributed by atoms with Crippen molar-refractivity contribution in [1.29, 1.82) is 0 Å². The van der Waals surface area contributed by atoms with E-state index in [-0.39, 0.29) is 12.5 Å². The molecule has 0 spiro atoms. The van der Waals surface area contributed by atoms with Crippen molar-refractivity contribution in [3.05, 3.63) is 61.0 Å². The van der Waals surface area contributed by atoms with E-state index in [0.29, 0.717) is 10.0 Å². The molecular formula is C15H11Br2Cl2N3O. The highest BCUT2D eigenvalue weighted by atomic mass is 79.9. The molecule has 0 bridgehead atoms. The normalized spacial score (nSPS) is 10.8. The number of hydrogen-bond donors (Lipinski definition) is 2. The number of carbonyl (C=O) groups excluding carboxylic acids is 1. The average molecular weight is 480 g/mol. The molecule has 1 amide bonds. The molecule has 0 unspecified atom stereocenters. The molecule has 0 saturated carbocycles. The minimum Gasteiger partial charge on any atom is -0.374 e. The number of hydrogen-bond acceptors (Lipinski definition) is 3. The van der Waals surface area contributed by atoms with Crippen LogP contribution in [-0.2, 0) is 4.79 Å². The predicted octanol–water partition coefficient (Wildman–Crippen LogP) is 5.08. The molecule has 0 heterocycles. The lowest BCUT2D eigenvalue weighted by Crippen LogP contribution is -2.26. The predicted molar refractivity (Wildman–Crippen MR) is 103 cm³/mol. The van der Waals surface area contributed by atoms with Gasteiger partial charge in [0.1, 0.15) is 0 Å². The minimum atomic E-state index is -0.290. The van der Waals surface area contributed by atoms with Crippen LogP contribution in [0.2, 0.25) is 10.0 Å². The fraction of sp³-hybridized carbons (Fsp3) is 0.0667. The Bertz CT molecular complexity index is 730. The van der Waals surface area contributed by atoms with E-state index in [1.165, 1.54) is 6.21 Å². The van der Waals surface area contributed by atoms with Crippen molar-refractivity contribution in [1.82, 2.24) is 5.43 Å². The van der Waals surface area contributed by atoms with Gasteiger partial charge in [-0.3, -0.25) is 4.79 Å². The highest BCUT2D eigenvalue weighted by molar-refractivity contribution is 9.11. The molecule has 0 radical (unpaired) electrons. The lowest BCUT2D eigenvalue weighted by molar-refractivity contribution is -0.119. The lowest BCUT2D eigenvalue weighted by atomic mass is 10.2. The van der Waals surface area contributed by atoms with Gasteiger partial charge in [-0.2, -0.15) is 5.10 Å². The zero-order chi connectivity index (χ0) is 16.8. The van der Waals surface area contributed by atoms with Gasteiger partial charge in [0.2, 0.25) is 0 Å². The maximum Gasteiger partial charge on any atom is 0.259 e. The topological polar surface area (TPSA) is 53.5 Å². The number of hydrazone groups is 1. The highest BCUT2D eigenvalue weighted by Crippen LogP contribution is 2.33. The second-order valence-electron chi connectivity index (χ2n) is 4.41. The Labute approximate surface area is 160 Å². The summed E-state index contributed by atoms with van der Waals surface area (Å²) >= 11 is 18.7. The summed E-state index contributed by atoms with van der Waals surface area (Å²) in [6, 6.07) is 10.7. The summed E-state index contributed by atoms with van der Waals surface area (Å²) in [5.74, 6) is -0.290. The standard InChI is InChI=1S/C15H11Br2Cl2N3O/c16-11-5-10(18)6-12(17)15(11)20-8-14(23)22-21-7-9-3-1-2-4-13(9)19/h1-7,20H,8H2,(H,22,23). The summed E-state index contributed by atoms with van der Waals surface area (Å²) in [5.41, 5.74) is 3.89. The first kappa shape index (κ1) is 18.3. The Hall–Kier alpha value is -1.08. The van der Waals surface area contributed by atoms with Crippen LogP contribution in [0.4, 0.5) is 5.69 Å². The number of carbonyl (C=O) groups is 1. The minimum absolute atomic E-state index is 0.0543. The Morgan fingerprint density at radius 2 is 1.83 bits per heavy atom. The van der Waals surface area contributed by atoms with E-state index in [9.17, 15) is 4.79 Å². The molecule has 4 nitrogen and oxygen atoms in total.